The molecule has 0 aliphatic rings. The van der Waals surface area contributed by atoms with E-state index in [4.69, 9.17) is 5.11 Å². The third-order valence-electron chi connectivity index (χ3n) is 2.77. The maximum absolute atomic E-state index is 12.3. The van der Waals surface area contributed by atoms with Gasteiger partial charge in [-0.2, -0.15) is 4.31 Å². The molecule has 0 radical (unpaired) electrons. The number of hydrogen-bond donors (Lipinski definition) is 1. The first-order valence-corrected chi connectivity index (χ1v) is 7.41. The lowest BCUT2D eigenvalue weighted by Crippen LogP contribution is -2.27. The number of aromatic nitrogens is 2. The van der Waals surface area contributed by atoms with Crippen LogP contribution >= 0.6 is 0 Å². The third-order valence-corrected chi connectivity index (χ3v) is 4.49. The fraction of sp³-hybridized carbons (Fsp3) is 0.154. The zero-order chi connectivity index (χ0) is 15.5. The summed E-state index contributed by atoms with van der Waals surface area (Å²) in [5, 5.41) is 8.57. The highest BCUT2D eigenvalue weighted by Crippen LogP contribution is 2.14. The summed E-state index contributed by atoms with van der Waals surface area (Å²) in [7, 11) is -2.38. The van der Waals surface area contributed by atoms with Gasteiger partial charge in [-0.1, -0.05) is 6.07 Å². The maximum Gasteiger partial charge on any atom is 0.337 e. The van der Waals surface area contributed by atoms with Crippen LogP contribution in [-0.4, -0.2) is 40.8 Å². The van der Waals surface area contributed by atoms with E-state index in [1.54, 1.807) is 24.4 Å². The van der Waals surface area contributed by atoms with Crippen LogP contribution < -0.4 is 0 Å². The van der Waals surface area contributed by atoms with Gasteiger partial charge in [-0.3, -0.25) is 4.98 Å². The average molecular weight is 307 g/mol. The number of rotatable bonds is 5. The molecule has 0 amide bonds. The SMILES string of the molecule is CN(Cc1ccccn1)S(=O)(=O)c1ccc(C(=O)O)cn1. The molecule has 0 aliphatic heterocycles. The van der Waals surface area contributed by atoms with Crippen molar-refractivity contribution in [1.82, 2.24) is 14.3 Å². The van der Waals surface area contributed by atoms with Crippen LogP contribution in [0.4, 0.5) is 0 Å². The van der Waals surface area contributed by atoms with Crippen molar-refractivity contribution in [2.45, 2.75) is 11.6 Å². The van der Waals surface area contributed by atoms with Crippen LogP contribution in [0.15, 0.2) is 47.8 Å². The van der Waals surface area contributed by atoms with Crippen molar-refractivity contribution in [3.8, 4) is 0 Å². The zero-order valence-corrected chi connectivity index (χ0v) is 12.0. The smallest absolute Gasteiger partial charge is 0.337 e. The molecule has 0 aliphatic carbocycles. The summed E-state index contributed by atoms with van der Waals surface area (Å²) in [5.41, 5.74) is 0.534. The molecule has 7 nitrogen and oxygen atoms in total. The summed E-state index contributed by atoms with van der Waals surface area (Å²) in [4.78, 5) is 18.5. The lowest BCUT2D eigenvalue weighted by Gasteiger charge is -2.16. The molecule has 2 aromatic heterocycles. The number of carbonyl (C=O) groups is 1. The van der Waals surface area contributed by atoms with Crippen LogP contribution in [0.3, 0.4) is 0 Å². The summed E-state index contributed by atoms with van der Waals surface area (Å²) >= 11 is 0. The molecule has 0 bridgehead atoms. The van der Waals surface area contributed by atoms with E-state index in [9.17, 15) is 13.2 Å². The molecule has 2 aromatic rings. The number of nitrogens with zero attached hydrogens (tertiary/aromatic N) is 3. The second-order valence-corrected chi connectivity index (χ2v) is 6.26. The van der Waals surface area contributed by atoms with Crippen molar-refractivity contribution in [2.24, 2.45) is 0 Å². The molecule has 21 heavy (non-hydrogen) atoms. The molecule has 0 saturated heterocycles. The van der Waals surface area contributed by atoms with Crippen molar-refractivity contribution in [3.05, 3.63) is 54.0 Å². The Morgan fingerprint density at radius 3 is 2.52 bits per heavy atom. The lowest BCUT2D eigenvalue weighted by molar-refractivity contribution is 0.0696. The highest BCUT2D eigenvalue weighted by Gasteiger charge is 2.23. The van der Waals surface area contributed by atoms with E-state index in [1.165, 1.54) is 19.2 Å². The van der Waals surface area contributed by atoms with Gasteiger partial charge in [0.25, 0.3) is 10.0 Å². The Labute approximate surface area is 121 Å². The number of aromatic carboxylic acids is 1. The highest BCUT2D eigenvalue weighted by atomic mass is 32.2. The number of carboxylic acids is 1. The molecule has 0 unspecified atom stereocenters. The van der Waals surface area contributed by atoms with E-state index in [0.29, 0.717) is 5.69 Å². The van der Waals surface area contributed by atoms with Gasteiger partial charge in [0.2, 0.25) is 0 Å². The molecule has 0 atom stereocenters. The summed E-state index contributed by atoms with van der Waals surface area (Å²) in [5.74, 6) is -1.16. The van der Waals surface area contributed by atoms with Crippen molar-refractivity contribution in [3.63, 3.8) is 0 Å². The summed E-state index contributed by atoms with van der Waals surface area (Å²) in [6.45, 7) is 0.103. The third kappa shape index (κ3) is 3.41. The van der Waals surface area contributed by atoms with E-state index in [0.717, 1.165) is 10.5 Å². The van der Waals surface area contributed by atoms with Crippen LogP contribution in [0.1, 0.15) is 16.1 Å². The molecule has 2 rings (SSSR count). The van der Waals surface area contributed by atoms with Crippen LogP contribution in [-0.2, 0) is 16.6 Å². The minimum Gasteiger partial charge on any atom is -0.478 e. The molecule has 8 heteroatoms. The largest absolute Gasteiger partial charge is 0.478 e. The number of carboxylic acid groups (broad SMARTS) is 1. The number of hydrogen-bond acceptors (Lipinski definition) is 5. The van der Waals surface area contributed by atoms with E-state index in [-0.39, 0.29) is 17.1 Å². The Hall–Kier alpha value is -2.32. The van der Waals surface area contributed by atoms with Crippen molar-refractivity contribution in [1.29, 1.82) is 0 Å². The predicted octanol–water partition coefficient (Wildman–Crippen LogP) is 0.996. The standard InChI is InChI=1S/C13H13N3O4S/c1-16(9-11-4-2-3-7-14-11)21(19,20)12-6-5-10(8-15-12)13(17)18/h2-8H,9H2,1H3,(H,17,18). The Balaban J connectivity index is 2.22. The molecule has 0 saturated carbocycles. The van der Waals surface area contributed by atoms with E-state index in [1.807, 2.05) is 0 Å². The van der Waals surface area contributed by atoms with E-state index in [2.05, 4.69) is 9.97 Å². The van der Waals surface area contributed by atoms with Gasteiger partial charge in [0.15, 0.2) is 5.03 Å². The van der Waals surface area contributed by atoms with Crippen molar-refractivity contribution >= 4 is 16.0 Å². The normalized spacial score (nSPS) is 11.5. The van der Waals surface area contributed by atoms with Gasteiger partial charge in [-0.25, -0.2) is 18.2 Å². The molecule has 1 N–H and O–H groups in total. The Bertz CT molecular complexity index is 730. The summed E-state index contributed by atoms with van der Waals surface area (Å²) in [6, 6.07) is 7.60. The molecule has 0 spiro atoms. The highest BCUT2D eigenvalue weighted by molar-refractivity contribution is 7.89. The quantitative estimate of drug-likeness (QED) is 0.884. The number of sulfonamides is 1. The van der Waals surface area contributed by atoms with Gasteiger partial charge in [0.1, 0.15) is 0 Å². The van der Waals surface area contributed by atoms with E-state index >= 15 is 0 Å². The first-order chi connectivity index (χ1) is 9.91. The minimum absolute atomic E-state index is 0.0682. The van der Waals surface area contributed by atoms with Crippen LogP contribution in [0, 0.1) is 0 Å². The topological polar surface area (TPSA) is 100 Å². The van der Waals surface area contributed by atoms with Crippen LogP contribution in [0.2, 0.25) is 0 Å². The van der Waals surface area contributed by atoms with Crippen LogP contribution in [0.25, 0.3) is 0 Å². The molecule has 0 aromatic carbocycles. The van der Waals surface area contributed by atoms with Gasteiger partial charge >= 0.3 is 5.97 Å². The second kappa shape index (κ2) is 5.98. The van der Waals surface area contributed by atoms with Crippen LogP contribution in [0.5, 0.6) is 0 Å². The van der Waals surface area contributed by atoms with Gasteiger partial charge in [-0.05, 0) is 24.3 Å². The first-order valence-electron chi connectivity index (χ1n) is 5.97. The second-order valence-electron chi connectivity index (χ2n) is 4.27. The average Bonchev–Trinajstić information content (AvgIpc) is 2.48. The summed E-state index contributed by atoms with van der Waals surface area (Å²) < 4.78 is 25.7. The molecule has 110 valence electrons. The maximum atomic E-state index is 12.3. The molecule has 2 heterocycles. The van der Waals surface area contributed by atoms with Gasteiger partial charge in [0.05, 0.1) is 17.8 Å². The Morgan fingerprint density at radius 1 is 1.24 bits per heavy atom. The monoisotopic (exact) mass is 307 g/mol. The van der Waals surface area contributed by atoms with E-state index < -0.39 is 16.0 Å². The first kappa shape index (κ1) is 15.1. The zero-order valence-electron chi connectivity index (χ0n) is 11.2. The molecular weight excluding hydrogens is 294 g/mol. The van der Waals surface area contributed by atoms with Gasteiger partial charge in [0, 0.05) is 19.4 Å². The van der Waals surface area contributed by atoms with Gasteiger partial charge in [-0.15, -0.1) is 0 Å². The number of pyridine rings is 2. The Kier molecular flexibility index (Phi) is 4.29. The summed E-state index contributed by atoms with van der Waals surface area (Å²) in [6.07, 6.45) is 2.60. The minimum atomic E-state index is -3.79. The Morgan fingerprint density at radius 2 is 2.00 bits per heavy atom. The van der Waals surface area contributed by atoms with Crippen molar-refractivity contribution < 1.29 is 18.3 Å². The molecule has 0 fully saturated rings. The predicted molar refractivity (Wildman–Crippen MR) is 74.1 cm³/mol. The van der Waals surface area contributed by atoms with Gasteiger partial charge < -0.3 is 5.11 Å². The van der Waals surface area contributed by atoms with Crippen molar-refractivity contribution in [2.75, 3.05) is 7.05 Å². The fourth-order valence-electron chi connectivity index (χ4n) is 1.62. The fourth-order valence-corrected chi connectivity index (χ4v) is 2.67. The lowest BCUT2D eigenvalue weighted by atomic mass is 10.3. The molecular formula is C13H13N3O4S.